The van der Waals surface area contributed by atoms with Gasteiger partial charge in [-0.15, -0.1) is 0 Å². The van der Waals surface area contributed by atoms with Gasteiger partial charge in [-0.25, -0.2) is 0 Å². The Morgan fingerprint density at radius 3 is 2.44 bits per heavy atom. The Bertz CT molecular complexity index is 288. The van der Waals surface area contributed by atoms with Crippen molar-refractivity contribution >= 4 is 5.78 Å². The van der Waals surface area contributed by atoms with Crippen molar-refractivity contribution in [2.24, 2.45) is 0 Å². The number of hydrogen-bond acceptors (Lipinski definition) is 3. The van der Waals surface area contributed by atoms with Crippen LogP contribution in [0.4, 0.5) is 0 Å². The molecule has 1 fully saturated rings. The summed E-state index contributed by atoms with van der Waals surface area (Å²) in [4.78, 5) is 11.1. The van der Waals surface area contributed by atoms with E-state index in [0.29, 0.717) is 13.0 Å². The number of aliphatic hydroxyl groups is 1. The van der Waals surface area contributed by atoms with Crippen LogP contribution in [0.3, 0.4) is 0 Å². The molecular weight excluding hydrogens is 202 g/mol. The molecule has 1 saturated carbocycles. The van der Waals surface area contributed by atoms with E-state index in [1.807, 2.05) is 0 Å². The van der Waals surface area contributed by atoms with Gasteiger partial charge in [-0.2, -0.15) is 0 Å². The number of hydrogen-bond donors (Lipinski definition) is 2. The summed E-state index contributed by atoms with van der Waals surface area (Å²) < 4.78 is 0. The Labute approximate surface area is 96.9 Å². The predicted molar refractivity (Wildman–Crippen MR) is 63.0 cm³/mol. The van der Waals surface area contributed by atoms with E-state index in [1.165, 1.54) is 12.8 Å². The highest BCUT2D eigenvalue weighted by atomic mass is 16.3. The van der Waals surface area contributed by atoms with E-state index in [0.717, 1.165) is 37.8 Å². The summed E-state index contributed by atoms with van der Waals surface area (Å²) in [7, 11) is 0. The van der Waals surface area contributed by atoms with Gasteiger partial charge in [0.2, 0.25) is 0 Å². The van der Waals surface area contributed by atoms with Crippen LogP contribution in [0, 0.1) is 0 Å². The van der Waals surface area contributed by atoms with Gasteiger partial charge in [-0.1, -0.05) is 25.7 Å². The molecule has 2 aliphatic carbocycles. The lowest BCUT2D eigenvalue weighted by Crippen LogP contribution is -2.39. The molecule has 0 atom stereocenters. The van der Waals surface area contributed by atoms with E-state index in [1.54, 1.807) is 6.08 Å². The van der Waals surface area contributed by atoms with Crippen molar-refractivity contribution in [2.45, 2.75) is 57.0 Å². The van der Waals surface area contributed by atoms with Crippen LogP contribution in [-0.4, -0.2) is 23.0 Å². The molecule has 0 aliphatic heterocycles. The molecule has 2 aliphatic rings. The third-order valence-corrected chi connectivity index (χ3v) is 3.65. The highest BCUT2D eigenvalue weighted by Gasteiger charge is 2.28. The fraction of sp³-hybridized carbons (Fsp3) is 0.769. The minimum absolute atomic E-state index is 0.204. The third kappa shape index (κ3) is 3.08. The Kier molecular flexibility index (Phi) is 3.64. The fourth-order valence-corrected chi connectivity index (χ4v) is 2.58. The second kappa shape index (κ2) is 5.00. The molecule has 0 spiro atoms. The molecule has 3 nitrogen and oxygen atoms in total. The SMILES string of the molecule is O=C1C=C(NCC2(O)CCCCCC2)CC1. The lowest BCUT2D eigenvalue weighted by molar-refractivity contribution is -0.114. The number of nitrogens with one attached hydrogen (secondary N) is 1. The second-order valence-electron chi connectivity index (χ2n) is 5.13. The molecule has 0 heterocycles. The van der Waals surface area contributed by atoms with Gasteiger partial charge >= 0.3 is 0 Å². The molecule has 0 amide bonds. The topological polar surface area (TPSA) is 49.3 Å². The Hall–Kier alpha value is -0.830. The molecule has 0 aromatic carbocycles. The summed E-state index contributed by atoms with van der Waals surface area (Å²) in [6.07, 6.45) is 9.62. The lowest BCUT2D eigenvalue weighted by Gasteiger charge is -2.27. The van der Waals surface area contributed by atoms with Crippen molar-refractivity contribution in [1.82, 2.24) is 5.32 Å². The maximum Gasteiger partial charge on any atom is 0.157 e. The van der Waals surface area contributed by atoms with Crippen LogP contribution in [0.5, 0.6) is 0 Å². The lowest BCUT2D eigenvalue weighted by atomic mass is 9.94. The smallest absolute Gasteiger partial charge is 0.157 e. The summed E-state index contributed by atoms with van der Waals surface area (Å²) in [6, 6.07) is 0. The number of carbonyl (C=O) groups is 1. The summed E-state index contributed by atoms with van der Waals surface area (Å²) in [5.74, 6) is 0.204. The number of ketones is 1. The second-order valence-corrected chi connectivity index (χ2v) is 5.13. The van der Waals surface area contributed by atoms with Crippen molar-refractivity contribution < 1.29 is 9.90 Å². The fourth-order valence-electron chi connectivity index (χ4n) is 2.58. The minimum Gasteiger partial charge on any atom is -0.388 e. The standard InChI is InChI=1S/C13H21NO2/c15-12-6-5-11(9-12)14-10-13(16)7-3-1-2-4-8-13/h9,14,16H,1-8,10H2. The Balaban J connectivity index is 1.83. The predicted octanol–water partition coefficient (Wildman–Crippen LogP) is 1.91. The first-order valence-corrected chi connectivity index (χ1v) is 6.38. The van der Waals surface area contributed by atoms with Crippen LogP contribution >= 0.6 is 0 Å². The Morgan fingerprint density at radius 1 is 1.19 bits per heavy atom. The van der Waals surface area contributed by atoms with Crippen LogP contribution < -0.4 is 5.32 Å². The van der Waals surface area contributed by atoms with Gasteiger partial charge in [0.05, 0.1) is 5.60 Å². The average Bonchev–Trinajstić information content (AvgIpc) is 2.54. The molecular formula is C13H21NO2. The first-order chi connectivity index (χ1) is 7.68. The zero-order chi connectivity index (χ0) is 11.4. The monoisotopic (exact) mass is 223 g/mol. The molecule has 16 heavy (non-hydrogen) atoms. The van der Waals surface area contributed by atoms with E-state index < -0.39 is 5.60 Å². The van der Waals surface area contributed by atoms with E-state index in [4.69, 9.17) is 0 Å². The normalized spacial score (nSPS) is 25.1. The molecule has 90 valence electrons. The van der Waals surface area contributed by atoms with E-state index in [9.17, 15) is 9.90 Å². The Morgan fingerprint density at radius 2 is 1.88 bits per heavy atom. The first kappa shape index (κ1) is 11.6. The number of rotatable bonds is 3. The summed E-state index contributed by atoms with van der Waals surface area (Å²) in [5, 5.41) is 13.6. The van der Waals surface area contributed by atoms with Gasteiger partial charge in [0.25, 0.3) is 0 Å². The average molecular weight is 223 g/mol. The summed E-state index contributed by atoms with van der Waals surface area (Å²) in [6.45, 7) is 0.603. The molecule has 0 bridgehead atoms. The van der Waals surface area contributed by atoms with Gasteiger partial charge in [0.1, 0.15) is 0 Å². The molecule has 2 rings (SSSR count). The first-order valence-electron chi connectivity index (χ1n) is 6.38. The maximum atomic E-state index is 11.1. The number of allylic oxidation sites excluding steroid dienone is 2. The summed E-state index contributed by atoms with van der Waals surface area (Å²) in [5.41, 5.74) is 0.450. The zero-order valence-electron chi connectivity index (χ0n) is 9.80. The summed E-state index contributed by atoms with van der Waals surface area (Å²) >= 11 is 0. The quantitative estimate of drug-likeness (QED) is 0.719. The van der Waals surface area contributed by atoms with E-state index in [2.05, 4.69) is 5.32 Å². The molecule has 0 unspecified atom stereocenters. The highest BCUT2D eigenvalue weighted by Crippen LogP contribution is 2.27. The molecule has 2 N–H and O–H groups in total. The van der Waals surface area contributed by atoms with Crippen LogP contribution in [0.15, 0.2) is 11.8 Å². The van der Waals surface area contributed by atoms with Crippen molar-refractivity contribution in [2.75, 3.05) is 6.54 Å². The van der Waals surface area contributed by atoms with Gasteiger partial charge < -0.3 is 10.4 Å². The van der Waals surface area contributed by atoms with Gasteiger partial charge in [0, 0.05) is 24.7 Å². The van der Waals surface area contributed by atoms with Crippen molar-refractivity contribution in [1.29, 1.82) is 0 Å². The molecule has 3 heteroatoms. The van der Waals surface area contributed by atoms with E-state index >= 15 is 0 Å². The molecule has 0 aromatic heterocycles. The third-order valence-electron chi connectivity index (χ3n) is 3.65. The zero-order valence-corrected chi connectivity index (χ0v) is 9.80. The van der Waals surface area contributed by atoms with Crippen LogP contribution in [0.25, 0.3) is 0 Å². The minimum atomic E-state index is -0.553. The van der Waals surface area contributed by atoms with Gasteiger partial charge in [-0.05, 0) is 19.3 Å². The highest BCUT2D eigenvalue weighted by molar-refractivity contribution is 5.92. The van der Waals surface area contributed by atoms with Crippen molar-refractivity contribution in [3.63, 3.8) is 0 Å². The van der Waals surface area contributed by atoms with Gasteiger partial charge in [-0.3, -0.25) is 4.79 Å². The largest absolute Gasteiger partial charge is 0.388 e. The maximum absolute atomic E-state index is 11.1. The van der Waals surface area contributed by atoms with Crippen molar-refractivity contribution in [3.05, 3.63) is 11.8 Å². The van der Waals surface area contributed by atoms with Crippen LogP contribution in [-0.2, 0) is 4.79 Å². The van der Waals surface area contributed by atoms with Gasteiger partial charge in [0.15, 0.2) is 5.78 Å². The van der Waals surface area contributed by atoms with E-state index in [-0.39, 0.29) is 5.78 Å². The van der Waals surface area contributed by atoms with Crippen LogP contribution in [0.2, 0.25) is 0 Å². The molecule has 0 saturated heterocycles. The van der Waals surface area contributed by atoms with Crippen LogP contribution in [0.1, 0.15) is 51.4 Å². The number of carbonyl (C=O) groups excluding carboxylic acids is 1. The molecule has 0 radical (unpaired) electrons. The van der Waals surface area contributed by atoms with Crippen molar-refractivity contribution in [3.8, 4) is 0 Å². The molecule has 0 aromatic rings.